The lowest BCUT2D eigenvalue weighted by molar-refractivity contribution is 0.0384. The molecule has 1 N–H and O–H groups in total. The molecule has 0 radical (unpaired) electrons. The van der Waals surface area contributed by atoms with Crippen molar-refractivity contribution in [1.82, 2.24) is 15.5 Å². The van der Waals surface area contributed by atoms with E-state index in [1.54, 1.807) is 0 Å². The standard InChI is InChI=1S/C12H21N3O2/c1-4-13-8(3)12-14-11(15-17-12)10(16-5-2)9-6-7-9/h8-10,13H,4-7H2,1-3H3. The van der Waals surface area contributed by atoms with Crippen LogP contribution in [0.1, 0.15) is 57.5 Å². The second-order valence-electron chi connectivity index (χ2n) is 4.48. The Morgan fingerprint density at radius 1 is 1.47 bits per heavy atom. The summed E-state index contributed by atoms with van der Waals surface area (Å²) < 4.78 is 11.0. The van der Waals surface area contributed by atoms with Crippen LogP contribution in [0.25, 0.3) is 0 Å². The first kappa shape index (κ1) is 12.5. The quantitative estimate of drug-likeness (QED) is 0.790. The van der Waals surface area contributed by atoms with Crippen molar-refractivity contribution in [1.29, 1.82) is 0 Å². The molecule has 2 unspecified atom stereocenters. The number of nitrogens with zero attached hydrogens (tertiary/aromatic N) is 2. The summed E-state index contributed by atoms with van der Waals surface area (Å²) in [7, 11) is 0. The summed E-state index contributed by atoms with van der Waals surface area (Å²) in [6.45, 7) is 7.65. The zero-order chi connectivity index (χ0) is 12.3. The summed E-state index contributed by atoms with van der Waals surface area (Å²) in [5, 5.41) is 7.30. The van der Waals surface area contributed by atoms with Crippen molar-refractivity contribution in [3.05, 3.63) is 11.7 Å². The highest BCUT2D eigenvalue weighted by Crippen LogP contribution is 2.42. The monoisotopic (exact) mass is 239 g/mol. The minimum absolute atomic E-state index is 0.0197. The first-order valence-corrected chi connectivity index (χ1v) is 6.44. The number of rotatable bonds is 7. The topological polar surface area (TPSA) is 60.2 Å². The molecule has 0 amide bonds. The highest BCUT2D eigenvalue weighted by molar-refractivity contribution is 5.00. The lowest BCUT2D eigenvalue weighted by atomic mass is 10.2. The zero-order valence-electron chi connectivity index (χ0n) is 10.8. The van der Waals surface area contributed by atoms with Crippen molar-refractivity contribution in [2.75, 3.05) is 13.2 Å². The van der Waals surface area contributed by atoms with Crippen LogP contribution in [0.5, 0.6) is 0 Å². The Bertz CT molecular complexity index is 349. The van der Waals surface area contributed by atoms with Gasteiger partial charge in [0.15, 0.2) is 0 Å². The Labute approximate surface area is 102 Å². The molecule has 2 rings (SSSR count). The SMILES string of the molecule is CCNC(C)c1nc(C(OCC)C2CC2)no1. The average molecular weight is 239 g/mol. The van der Waals surface area contributed by atoms with E-state index in [0.29, 0.717) is 24.2 Å². The second kappa shape index (κ2) is 5.60. The molecule has 0 bridgehead atoms. The molecule has 17 heavy (non-hydrogen) atoms. The van der Waals surface area contributed by atoms with Crippen molar-refractivity contribution in [2.24, 2.45) is 5.92 Å². The second-order valence-corrected chi connectivity index (χ2v) is 4.48. The summed E-state index contributed by atoms with van der Waals surface area (Å²) in [6, 6.07) is 0.0997. The maximum Gasteiger partial charge on any atom is 0.243 e. The molecule has 1 aromatic rings. The van der Waals surface area contributed by atoms with Gasteiger partial charge in [0.05, 0.1) is 6.04 Å². The molecule has 0 saturated heterocycles. The van der Waals surface area contributed by atoms with Gasteiger partial charge in [-0.2, -0.15) is 4.98 Å². The van der Waals surface area contributed by atoms with E-state index < -0.39 is 0 Å². The maximum atomic E-state index is 5.70. The summed E-state index contributed by atoms with van der Waals surface area (Å²) in [5.41, 5.74) is 0. The summed E-state index contributed by atoms with van der Waals surface area (Å²) >= 11 is 0. The van der Waals surface area contributed by atoms with Crippen LogP contribution in [-0.4, -0.2) is 23.3 Å². The van der Waals surface area contributed by atoms with Crippen molar-refractivity contribution >= 4 is 0 Å². The van der Waals surface area contributed by atoms with Gasteiger partial charge in [0, 0.05) is 6.61 Å². The minimum atomic E-state index is 0.0197. The highest BCUT2D eigenvalue weighted by atomic mass is 16.5. The number of nitrogens with one attached hydrogen (secondary N) is 1. The lowest BCUT2D eigenvalue weighted by Crippen LogP contribution is -2.18. The van der Waals surface area contributed by atoms with Gasteiger partial charge in [-0.3, -0.25) is 0 Å². The fourth-order valence-corrected chi connectivity index (χ4v) is 1.93. The molecule has 96 valence electrons. The van der Waals surface area contributed by atoms with Gasteiger partial charge in [-0.05, 0) is 39.2 Å². The molecule has 0 spiro atoms. The third-order valence-electron chi connectivity index (χ3n) is 2.99. The van der Waals surface area contributed by atoms with Gasteiger partial charge in [0.2, 0.25) is 11.7 Å². The van der Waals surface area contributed by atoms with Crippen LogP contribution in [0.3, 0.4) is 0 Å². The zero-order valence-corrected chi connectivity index (χ0v) is 10.8. The van der Waals surface area contributed by atoms with Gasteiger partial charge in [-0.15, -0.1) is 0 Å². The predicted molar refractivity (Wildman–Crippen MR) is 63.5 cm³/mol. The number of ether oxygens (including phenoxy) is 1. The van der Waals surface area contributed by atoms with E-state index in [0.717, 1.165) is 6.54 Å². The van der Waals surface area contributed by atoms with Crippen molar-refractivity contribution < 1.29 is 9.26 Å². The summed E-state index contributed by atoms with van der Waals surface area (Å²) in [6.07, 6.45) is 2.43. The van der Waals surface area contributed by atoms with Gasteiger partial charge < -0.3 is 14.6 Å². The first-order chi connectivity index (χ1) is 8.26. The molecule has 5 nitrogen and oxygen atoms in total. The Kier molecular flexibility index (Phi) is 4.12. The van der Waals surface area contributed by atoms with Crippen LogP contribution in [0.2, 0.25) is 0 Å². The van der Waals surface area contributed by atoms with E-state index in [9.17, 15) is 0 Å². The Morgan fingerprint density at radius 2 is 2.24 bits per heavy atom. The third-order valence-corrected chi connectivity index (χ3v) is 2.99. The summed E-state index contributed by atoms with van der Waals surface area (Å²) in [4.78, 5) is 4.44. The Morgan fingerprint density at radius 3 is 2.82 bits per heavy atom. The van der Waals surface area contributed by atoms with E-state index in [-0.39, 0.29) is 12.1 Å². The molecule has 0 aliphatic heterocycles. The molecule has 1 heterocycles. The van der Waals surface area contributed by atoms with Gasteiger partial charge >= 0.3 is 0 Å². The Hall–Kier alpha value is -0.940. The highest BCUT2D eigenvalue weighted by Gasteiger charge is 2.36. The smallest absolute Gasteiger partial charge is 0.243 e. The van der Waals surface area contributed by atoms with Gasteiger partial charge in [0.1, 0.15) is 6.10 Å². The number of aromatic nitrogens is 2. The van der Waals surface area contributed by atoms with Crippen LogP contribution in [0.4, 0.5) is 0 Å². The fraction of sp³-hybridized carbons (Fsp3) is 0.833. The Balaban J connectivity index is 2.04. The molecule has 5 heteroatoms. The first-order valence-electron chi connectivity index (χ1n) is 6.44. The molecule has 1 aromatic heterocycles. The van der Waals surface area contributed by atoms with E-state index in [1.807, 2.05) is 13.8 Å². The summed E-state index contributed by atoms with van der Waals surface area (Å²) in [5.74, 6) is 1.93. The largest absolute Gasteiger partial charge is 0.370 e. The molecular weight excluding hydrogens is 218 g/mol. The maximum absolute atomic E-state index is 5.70. The van der Waals surface area contributed by atoms with Crippen LogP contribution in [-0.2, 0) is 4.74 Å². The predicted octanol–water partition coefficient (Wildman–Crippen LogP) is 2.23. The van der Waals surface area contributed by atoms with Gasteiger partial charge in [0.25, 0.3) is 0 Å². The minimum Gasteiger partial charge on any atom is -0.370 e. The fourth-order valence-electron chi connectivity index (χ4n) is 1.93. The van der Waals surface area contributed by atoms with Crippen LogP contribution >= 0.6 is 0 Å². The van der Waals surface area contributed by atoms with Crippen LogP contribution in [0.15, 0.2) is 4.52 Å². The molecule has 1 aliphatic rings. The van der Waals surface area contributed by atoms with Crippen molar-refractivity contribution in [2.45, 2.75) is 45.8 Å². The molecular formula is C12H21N3O2. The third kappa shape index (κ3) is 3.04. The molecule has 1 fully saturated rings. The van der Waals surface area contributed by atoms with Crippen molar-refractivity contribution in [3.8, 4) is 0 Å². The van der Waals surface area contributed by atoms with E-state index in [1.165, 1.54) is 12.8 Å². The van der Waals surface area contributed by atoms with Gasteiger partial charge in [-0.1, -0.05) is 12.1 Å². The lowest BCUT2D eigenvalue weighted by Gasteiger charge is -2.11. The van der Waals surface area contributed by atoms with E-state index in [4.69, 9.17) is 9.26 Å². The van der Waals surface area contributed by atoms with Crippen molar-refractivity contribution in [3.63, 3.8) is 0 Å². The molecule has 1 saturated carbocycles. The number of hydrogen-bond donors (Lipinski definition) is 1. The molecule has 1 aliphatic carbocycles. The average Bonchev–Trinajstić information content (AvgIpc) is 3.03. The van der Waals surface area contributed by atoms with E-state index >= 15 is 0 Å². The van der Waals surface area contributed by atoms with E-state index in [2.05, 4.69) is 22.4 Å². The normalized spacial score (nSPS) is 19.2. The molecule has 2 atom stereocenters. The molecule has 0 aromatic carbocycles. The van der Waals surface area contributed by atoms with Gasteiger partial charge in [-0.25, -0.2) is 0 Å². The van der Waals surface area contributed by atoms with Crippen LogP contribution in [0, 0.1) is 5.92 Å². The number of hydrogen-bond acceptors (Lipinski definition) is 5. The van der Waals surface area contributed by atoms with Crippen LogP contribution < -0.4 is 5.32 Å².